The lowest BCUT2D eigenvalue weighted by atomic mass is 10.1. The molecule has 0 fully saturated rings. The van der Waals surface area contributed by atoms with Crippen molar-refractivity contribution in [3.05, 3.63) is 23.8 Å². The van der Waals surface area contributed by atoms with E-state index in [-0.39, 0.29) is 18.4 Å². The minimum atomic E-state index is -0.810. The zero-order chi connectivity index (χ0) is 13.8. The molecule has 1 aliphatic heterocycles. The van der Waals surface area contributed by atoms with Crippen molar-refractivity contribution in [2.75, 3.05) is 5.32 Å². The van der Waals surface area contributed by atoms with E-state index in [4.69, 9.17) is 9.84 Å². The second kappa shape index (κ2) is 5.73. The van der Waals surface area contributed by atoms with E-state index in [0.29, 0.717) is 19.3 Å². The van der Waals surface area contributed by atoms with E-state index < -0.39 is 5.97 Å². The lowest BCUT2D eigenvalue weighted by Crippen LogP contribution is -2.14. The summed E-state index contributed by atoms with van der Waals surface area (Å²) in [6.45, 7) is 1.80. The van der Waals surface area contributed by atoms with Crippen LogP contribution in [0.25, 0.3) is 0 Å². The minimum Gasteiger partial charge on any atom is -0.490 e. The monoisotopic (exact) mass is 263 g/mol. The first-order chi connectivity index (χ1) is 9.08. The molecule has 0 spiro atoms. The van der Waals surface area contributed by atoms with Gasteiger partial charge in [-0.05, 0) is 30.2 Å². The SMILES string of the molecule is CCC(=O)Nc1ccc2c(c1)CC(CCC(=O)O)O2. The van der Waals surface area contributed by atoms with Crippen LogP contribution in [0.3, 0.4) is 0 Å². The van der Waals surface area contributed by atoms with Crippen LogP contribution in [0.5, 0.6) is 5.75 Å². The Kier molecular flexibility index (Phi) is 4.04. The molecule has 1 aliphatic rings. The number of nitrogens with one attached hydrogen (secondary N) is 1. The summed E-state index contributed by atoms with van der Waals surface area (Å²) < 4.78 is 5.67. The summed E-state index contributed by atoms with van der Waals surface area (Å²) in [5, 5.41) is 11.5. The van der Waals surface area contributed by atoms with Crippen molar-refractivity contribution in [2.45, 2.75) is 38.7 Å². The van der Waals surface area contributed by atoms with Gasteiger partial charge in [-0.3, -0.25) is 9.59 Å². The Morgan fingerprint density at radius 1 is 1.47 bits per heavy atom. The van der Waals surface area contributed by atoms with E-state index in [1.54, 1.807) is 13.0 Å². The number of benzene rings is 1. The molecule has 1 atom stereocenters. The summed E-state index contributed by atoms with van der Waals surface area (Å²) in [5.41, 5.74) is 1.78. The quantitative estimate of drug-likeness (QED) is 0.854. The number of rotatable bonds is 5. The van der Waals surface area contributed by atoms with Gasteiger partial charge in [0.05, 0.1) is 0 Å². The van der Waals surface area contributed by atoms with Gasteiger partial charge >= 0.3 is 5.97 Å². The Bertz CT molecular complexity index is 498. The maximum atomic E-state index is 11.3. The number of hydrogen-bond acceptors (Lipinski definition) is 3. The number of carboxylic acid groups (broad SMARTS) is 1. The normalized spacial score (nSPS) is 16.6. The summed E-state index contributed by atoms with van der Waals surface area (Å²) in [4.78, 5) is 21.8. The maximum absolute atomic E-state index is 11.3. The first-order valence-corrected chi connectivity index (χ1v) is 6.39. The predicted molar refractivity (Wildman–Crippen MR) is 70.4 cm³/mol. The standard InChI is InChI=1S/C14H17NO4/c1-2-13(16)15-10-3-5-12-9(7-10)8-11(19-12)4-6-14(17)18/h3,5,7,11H,2,4,6,8H2,1H3,(H,15,16)(H,17,18). The average Bonchev–Trinajstić information content (AvgIpc) is 2.78. The summed E-state index contributed by atoms with van der Waals surface area (Å²) >= 11 is 0. The average molecular weight is 263 g/mol. The highest BCUT2D eigenvalue weighted by Crippen LogP contribution is 2.32. The van der Waals surface area contributed by atoms with Crippen LogP contribution < -0.4 is 10.1 Å². The highest BCUT2D eigenvalue weighted by molar-refractivity contribution is 5.90. The van der Waals surface area contributed by atoms with Crippen molar-refractivity contribution >= 4 is 17.6 Å². The van der Waals surface area contributed by atoms with Crippen LogP contribution in [0.15, 0.2) is 18.2 Å². The molecule has 0 aromatic heterocycles. The summed E-state index contributed by atoms with van der Waals surface area (Å²) in [6, 6.07) is 5.51. The molecule has 5 heteroatoms. The fourth-order valence-corrected chi connectivity index (χ4v) is 2.09. The second-order valence-corrected chi connectivity index (χ2v) is 4.60. The number of hydrogen-bond donors (Lipinski definition) is 2. The van der Waals surface area contributed by atoms with Gasteiger partial charge in [0.25, 0.3) is 0 Å². The summed E-state index contributed by atoms with van der Waals surface area (Å²) in [6.07, 6.45) is 1.66. The molecule has 0 saturated heterocycles. The van der Waals surface area contributed by atoms with E-state index in [1.807, 2.05) is 12.1 Å². The highest BCUT2D eigenvalue weighted by Gasteiger charge is 2.23. The smallest absolute Gasteiger partial charge is 0.303 e. The van der Waals surface area contributed by atoms with E-state index in [1.165, 1.54) is 0 Å². The van der Waals surface area contributed by atoms with Crippen molar-refractivity contribution in [1.82, 2.24) is 0 Å². The predicted octanol–water partition coefficient (Wildman–Crippen LogP) is 2.20. The first kappa shape index (κ1) is 13.4. The van der Waals surface area contributed by atoms with Crippen LogP contribution in [-0.2, 0) is 16.0 Å². The molecular formula is C14H17NO4. The molecule has 1 aromatic carbocycles. The van der Waals surface area contributed by atoms with Crippen molar-refractivity contribution in [3.63, 3.8) is 0 Å². The van der Waals surface area contributed by atoms with E-state index in [9.17, 15) is 9.59 Å². The zero-order valence-corrected chi connectivity index (χ0v) is 10.8. The van der Waals surface area contributed by atoms with Crippen LogP contribution in [0, 0.1) is 0 Å². The molecule has 1 aromatic rings. The molecule has 0 bridgehead atoms. The molecule has 2 N–H and O–H groups in total. The number of amides is 1. The first-order valence-electron chi connectivity index (χ1n) is 6.39. The van der Waals surface area contributed by atoms with Crippen molar-refractivity contribution in [3.8, 4) is 5.75 Å². The molecule has 19 heavy (non-hydrogen) atoms. The van der Waals surface area contributed by atoms with Crippen molar-refractivity contribution < 1.29 is 19.4 Å². The van der Waals surface area contributed by atoms with Gasteiger partial charge in [0.1, 0.15) is 11.9 Å². The maximum Gasteiger partial charge on any atom is 0.303 e. The Morgan fingerprint density at radius 3 is 2.95 bits per heavy atom. The number of carboxylic acids is 1. The van der Waals surface area contributed by atoms with E-state index in [0.717, 1.165) is 17.0 Å². The lowest BCUT2D eigenvalue weighted by molar-refractivity contribution is -0.137. The fourth-order valence-electron chi connectivity index (χ4n) is 2.09. The van der Waals surface area contributed by atoms with Crippen LogP contribution in [-0.4, -0.2) is 23.1 Å². The van der Waals surface area contributed by atoms with Crippen LogP contribution in [0.4, 0.5) is 5.69 Å². The van der Waals surface area contributed by atoms with Crippen molar-refractivity contribution in [1.29, 1.82) is 0 Å². The number of aliphatic carboxylic acids is 1. The molecule has 5 nitrogen and oxygen atoms in total. The van der Waals surface area contributed by atoms with Gasteiger partial charge in [-0.15, -0.1) is 0 Å². The molecule has 1 heterocycles. The molecule has 0 saturated carbocycles. The second-order valence-electron chi connectivity index (χ2n) is 4.60. The Morgan fingerprint density at radius 2 is 2.26 bits per heavy atom. The topological polar surface area (TPSA) is 75.6 Å². The van der Waals surface area contributed by atoms with E-state index in [2.05, 4.69) is 5.32 Å². The van der Waals surface area contributed by atoms with Gasteiger partial charge in [0, 0.05) is 24.9 Å². The number of carbonyl (C=O) groups is 2. The Hall–Kier alpha value is -2.04. The molecule has 2 rings (SSSR count). The third kappa shape index (κ3) is 3.47. The van der Waals surface area contributed by atoms with Crippen LogP contribution in [0.2, 0.25) is 0 Å². The van der Waals surface area contributed by atoms with Gasteiger partial charge in [-0.25, -0.2) is 0 Å². The van der Waals surface area contributed by atoms with Gasteiger partial charge in [-0.1, -0.05) is 6.92 Å². The van der Waals surface area contributed by atoms with E-state index >= 15 is 0 Å². The van der Waals surface area contributed by atoms with Gasteiger partial charge in [-0.2, -0.15) is 0 Å². The third-order valence-electron chi connectivity index (χ3n) is 3.09. The van der Waals surface area contributed by atoms with Crippen LogP contribution in [0.1, 0.15) is 31.7 Å². The van der Waals surface area contributed by atoms with Crippen molar-refractivity contribution in [2.24, 2.45) is 0 Å². The summed E-state index contributed by atoms with van der Waals surface area (Å²) in [7, 11) is 0. The molecule has 102 valence electrons. The largest absolute Gasteiger partial charge is 0.490 e. The number of anilines is 1. The fraction of sp³-hybridized carbons (Fsp3) is 0.429. The molecule has 0 radical (unpaired) electrons. The Balaban J connectivity index is 1.99. The highest BCUT2D eigenvalue weighted by atomic mass is 16.5. The number of fused-ring (bicyclic) bond motifs is 1. The Labute approximate surface area is 111 Å². The minimum absolute atomic E-state index is 0.0266. The molecule has 1 amide bonds. The van der Waals surface area contributed by atoms with Crippen LogP contribution >= 0.6 is 0 Å². The summed E-state index contributed by atoms with van der Waals surface area (Å²) in [5.74, 6) is -0.0540. The van der Waals surface area contributed by atoms with Gasteiger partial charge in [0.15, 0.2) is 0 Å². The lowest BCUT2D eigenvalue weighted by Gasteiger charge is -2.08. The molecule has 0 aliphatic carbocycles. The third-order valence-corrected chi connectivity index (χ3v) is 3.09. The van der Waals surface area contributed by atoms with Gasteiger partial charge < -0.3 is 15.2 Å². The molecule has 1 unspecified atom stereocenters. The van der Waals surface area contributed by atoms with Gasteiger partial charge in [0.2, 0.25) is 5.91 Å². The number of carbonyl (C=O) groups excluding carboxylic acids is 1. The molecular weight excluding hydrogens is 246 g/mol. The number of ether oxygens (including phenoxy) is 1. The zero-order valence-electron chi connectivity index (χ0n) is 10.8.